The van der Waals surface area contributed by atoms with E-state index < -0.39 is 11.4 Å². The quantitative estimate of drug-likeness (QED) is 0.421. The van der Waals surface area contributed by atoms with E-state index in [2.05, 4.69) is 4.40 Å². The Morgan fingerprint density at radius 3 is 2.25 bits per heavy atom. The molecule has 0 amide bonds. The summed E-state index contributed by atoms with van der Waals surface area (Å²) in [5.74, 6) is 0.781. The van der Waals surface area contributed by atoms with Crippen LogP contribution in [0.25, 0.3) is 0 Å². The van der Waals surface area contributed by atoms with Crippen molar-refractivity contribution in [3.63, 3.8) is 0 Å². The molecule has 3 heteroatoms. The van der Waals surface area contributed by atoms with Crippen molar-refractivity contribution in [1.29, 1.82) is 0 Å². The molecule has 1 fully saturated rings. The van der Waals surface area contributed by atoms with Gasteiger partial charge in [-0.15, -0.1) is 0 Å². The smallest absolute Gasteiger partial charge is 0.144 e. The first kappa shape index (κ1) is 14.0. The molecule has 0 aromatic heterocycles. The molecule has 0 saturated heterocycles. The predicted molar refractivity (Wildman–Crippen MR) is 72.2 cm³/mol. The molecule has 0 heterocycles. The fraction of sp³-hybridized carbons (Fsp3) is 0.923. The van der Waals surface area contributed by atoms with Gasteiger partial charge < -0.3 is 4.55 Å². The molecule has 1 atom stereocenters. The Hall–Kier alpha value is -0.0200. The SMILES string of the molecule is CC(C)(C)[S+]([O-])N=CCC1CCCCCC1. The van der Waals surface area contributed by atoms with Crippen LogP contribution in [0.1, 0.15) is 65.7 Å². The summed E-state index contributed by atoms with van der Waals surface area (Å²) in [7, 11) is 0. The van der Waals surface area contributed by atoms with E-state index in [1.807, 2.05) is 27.0 Å². The Bertz CT molecular complexity index is 214. The molecular formula is C13H25NOS. The summed E-state index contributed by atoms with van der Waals surface area (Å²) in [5, 5.41) is 0. The van der Waals surface area contributed by atoms with E-state index in [4.69, 9.17) is 0 Å². The van der Waals surface area contributed by atoms with Crippen molar-refractivity contribution < 1.29 is 4.55 Å². The number of rotatable bonds is 3. The molecule has 0 aromatic carbocycles. The lowest BCUT2D eigenvalue weighted by molar-refractivity contribution is 0.480. The first-order valence-electron chi connectivity index (χ1n) is 6.44. The fourth-order valence-corrected chi connectivity index (χ4v) is 2.56. The minimum atomic E-state index is -1.08. The first-order valence-corrected chi connectivity index (χ1v) is 7.55. The van der Waals surface area contributed by atoms with Gasteiger partial charge in [0.05, 0.1) is 6.21 Å². The molecule has 1 unspecified atom stereocenters. The van der Waals surface area contributed by atoms with Crippen LogP contribution in [0, 0.1) is 5.92 Å². The molecule has 1 saturated carbocycles. The van der Waals surface area contributed by atoms with Gasteiger partial charge in [-0.1, -0.05) is 42.9 Å². The molecule has 0 spiro atoms. The zero-order valence-corrected chi connectivity index (χ0v) is 11.7. The highest BCUT2D eigenvalue weighted by Crippen LogP contribution is 2.25. The third kappa shape index (κ3) is 5.35. The second kappa shape index (κ2) is 6.65. The lowest BCUT2D eigenvalue weighted by Gasteiger charge is -2.18. The van der Waals surface area contributed by atoms with Gasteiger partial charge in [-0.25, -0.2) is 0 Å². The van der Waals surface area contributed by atoms with Crippen LogP contribution in [-0.4, -0.2) is 15.5 Å². The van der Waals surface area contributed by atoms with Gasteiger partial charge in [-0.3, -0.25) is 0 Å². The maximum Gasteiger partial charge on any atom is 0.144 e. The van der Waals surface area contributed by atoms with Crippen molar-refractivity contribution in [2.24, 2.45) is 10.3 Å². The molecule has 1 aliphatic rings. The fourth-order valence-electron chi connectivity index (χ4n) is 2.02. The third-order valence-corrected chi connectivity index (χ3v) is 4.50. The highest BCUT2D eigenvalue weighted by Gasteiger charge is 2.25. The zero-order valence-electron chi connectivity index (χ0n) is 10.9. The van der Waals surface area contributed by atoms with Crippen molar-refractivity contribution in [3.8, 4) is 0 Å². The number of hydrogen-bond acceptors (Lipinski definition) is 2. The van der Waals surface area contributed by atoms with Gasteiger partial charge in [0.2, 0.25) is 0 Å². The van der Waals surface area contributed by atoms with Gasteiger partial charge in [-0.05, 0) is 33.1 Å². The second-order valence-electron chi connectivity index (χ2n) is 5.74. The zero-order chi connectivity index (χ0) is 12.0. The minimum absolute atomic E-state index is 0.222. The van der Waals surface area contributed by atoms with E-state index in [1.54, 1.807) is 0 Å². The average molecular weight is 243 g/mol. The Labute approximate surface area is 103 Å². The molecule has 0 N–H and O–H groups in total. The molecule has 94 valence electrons. The Kier molecular flexibility index (Phi) is 5.84. The van der Waals surface area contributed by atoms with Crippen molar-refractivity contribution >= 4 is 17.6 Å². The van der Waals surface area contributed by atoms with Crippen LogP contribution in [0.5, 0.6) is 0 Å². The van der Waals surface area contributed by atoms with E-state index in [0.717, 1.165) is 12.3 Å². The van der Waals surface area contributed by atoms with Crippen LogP contribution in [0.15, 0.2) is 4.40 Å². The summed E-state index contributed by atoms with van der Waals surface area (Å²) in [5.41, 5.74) is 0. The van der Waals surface area contributed by atoms with Gasteiger partial charge in [0.1, 0.15) is 16.1 Å². The molecule has 0 aromatic rings. The monoisotopic (exact) mass is 243 g/mol. The van der Waals surface area contributed by atoms with E-state index in [0.29, 0.717) is 0 Å². The largest absolute Gasteiger partial charge is 0.591 e. The lowest BCUT2D eigenvalue weighted by atomic mass is 9.97. The Morgan fingerprint density at radius 2 is 1.75 bits per heavy atom. The van der Waals surface area contributed by atoms with E-state index in [-0.39, 0.29) is 4.75 Å². The van der Waals surface area contributed by atoms with Gasteiger partial charge in [0.15, 0.2) is 0 Å². The average Bonchev–Trinajstić information content (AvgIpc) is 2.44. The summed E-state index contributed by atoms with van der Waals surface area (Å²) in [6.07, 6.45) is 11.1. The molecule has 1 rings (SSSR count). The number of hydrogen-bond donors (Lipinski definition) is 0. The molecule has 0 radical (unpaired) electrons. The van der Waals surface area contributed by atoms with Crippen LogP contribution in [0.4, 0.5) is 0 Å². The van der Waals surface area contributed by atoms with Crippen LogP contribution < -0.4 is 0 Å². The molecule has 2 nitrogen and oxygen atoms in total. The molecule has 0 bridgehead atoms. The summed E-state index contributed by atoms with van der Waals surface area (Å²) >= 11 is -1.08. The van der Waals surface area contributed by atoms with Gasteiger partial charge >= 0.3 is 0 Å². The van der Waals surface area contributed by atoms with Crippen molar-refractivity contribution in [2.75, 3.05) is 0 Å². The standard InChI is InChI=1S/C13H25NOS/c1-13(2,3)16(15)14-11-10-12-8-6-4-5-7-9-12/h11-12H,4-10H2,1-3H3. The van der Waals surface area contributed by atoms with Crippen LogP contribution in [-0.2, 0) is 11.4 Å². The summed E-state index contributed by atoms with van der Waals surface area (Å²) < 4.78 is 15.6. The topological polar surface area (TPSA) is 35.4 Å². The van der Waals surface area contributed by atoms with Gasteiger partial charge in [-0.2, -0.15) is 0 Å². The van der Waals surface area contributed by atoms with Crippen LogP contribution >= 0.6 is 0 Å². The van der Waals surface area contributed by atoms with Gasteiger partial charge in [0.25, 0.3) is 0 Å². The van der Waals surface area contributed by atoms with E-state index in [1.165, 1.54) is 38.5 Å². The highest BCUT2D eigenvalue weighted by molar-refractivity contribution is 7.91. The maximum atomic E-state index is 11.7. The Balaban J connectivity index is 2.29. The molecule has 16 heavy (non-hydrogen) atoms. The Morgan fingerprint density at radius 1 is 1.19 bits per heavy atom. The summed E-state index contributed by atoms with van der Waals surface area (Å²) in [4.78, 5) is 0. The van der Waals surface area contributed by atoms with E-state index >= 15 is 0 Å². The summed E-state index contributed by atoms with van der Waals surface area (Å²) in [6, 6.07) is 0. The van der Waals surface area contributed by atoms with Crippen LogP contribution in [0.3, 0.4) is 0 Å². The molecule has 0 aliphatic heterocycles. The molecule has 1 aliphatic carbocycles. The normalized spacial score (nSPS) is 22.2. The van der Waals surface area contributed by atoms with Crippen molar-refractivity contribution in [1.82, 2.24) is 0 Å². The highest BCUT2D eigenvalue weighted by atomic mass is 32.2. The minimum Gasteiger partial charge on any atom is -0.591 e. The van der Waals surface area contributed by atoms with E-state index in [9.17, 15) is 4.55 Å². The van der Waals surface area contributed by atoms with Crippen LogP contribution in [0.2, 0.25) is 0 Å². The van der Waals surface area contributed by atoms with Crippen molar-refractivity contribution in [3.05, 3.63) is 0 Å². The number of nitrogens with zero attached hydrogens (tertiary/aromatic N) is 1. The predicted octanol–water partition coefficient (Wildman–Crippen LogP) is 3.88. The van der Waals surface area contributed by atoms with Gasteiger partial charge in [0, 0.05) is 0 Å². The second-order valence-corrected chi connectivity index (χ2v) is 7.68. The first-order chi connectivity index (χ1) is 7.50. The lowest BCUT2D eigenvalue weighted by Crippen LogP contribution is -2.25. The van der Waals surface area contributed by atoms with Crippen molar-refractivity contribution in [2.45, 2.75) is 70.5 Å². The summed E-state index contributed by atoms with van der Waals surface area (Å²) in [6.45, 7) is 5.89. The molecular weight excluding hydrogens is 218 g/mol. The third-order valence-electron chi connectivity index (χ3n) is 3.11. The maximum absolute atomic E-state index is 11.7.